The van der Waals surface area contributed by atoms with Gasteiger partial charge in [-0.3, -0.25) is 4.79 Å². The Morgan fingerprint density at radius 3 is 2.29 bits per heavy atom. The van der Waals surface area contributed by atoms with E-state index in [-0.39, 0.29) is 18.2 Å². The third kappa shape index (κ3) is 6.93. The molecule has 116 valence electrons. The van der Waals surface area contributed by atoms with Gasteiger partial charge < -0.3 is 10.1 Å². The summed E-state index contributed by atoms with van der Waals surface area (Å²) in [4.78, 5) is 23.9. The first-order chi connectivity index (χ1) is 9.71. The fourth-order valence-corrected chi connectivity index (χ4v) is 2.11. The van der Waals surface area contributed by atoms with E-state index in [2.05, 4.69) is 27.9 Å². The third-order valence-electron chi connectivity index (χ3n) is 2.81. The molecule has 0 bridgehead atoms. The van der Waals surface area contributed by atoms with Gasteiger partial charge in [0, 0.05) is 21.6 Å². The number of halogens is 1. The van der Waals surface area contributed by atoms with Crippen LogP contribution in [-0.4, -0.2) is 23.5 Å². The summed E-state index contributed by atoms with van der Waals surface area (Å²) in [5, 5.41) is 2.75. The second-order valence-electron chi connectivity index (χ2n) is 5.89. The molecule has 0 saturated carbocycles. The molecule has 0 aliphatic carbocycles. The Bertz CT molecular complexity index is 491. The Labute approximate surface area is 139 Å². The smallest absolute Gasteiger partial charge is 0.407 e. The molecule has 0 saturated heterocycles. The Morgan fingerprint density at radius 2 is 1.81 bits per heavy atom. The van der Waals surface area contributed by atoms with E-state index < -0.39 is 11.7 Å². The first-order valence-corrected chi connectivity index (χ1v) is 8.07. The van der Waals surface area contributed by atoms with Crippen molar-refractivity contribution in [1.82, 2.24) is 5.32 Å². The minimum atomic E-state index is -0.539. The van der Waals surface area contributed by atoms with E-state index in [1.165, 1.54) is 0 Å². The Morgan fingerprint density at radius 1 is 1.24 bits per heavy atom. The van der Waals surface area contributed by atoms with Crippen molar-refractivity contribution in [1.29, 1.82) is 0 Å². The Balaban J connectivity index is 2.59. The highest BCUT2D eigenvalue weighted by Gasteiger charge is 2.20. The second-order valence-corrected chi connectivity index (χ2v) is 7.13. The number of hydrogen-bond donors (Lipinski definition) is 1. The number of rotatable bonds is 5. The SMILES string of the molecule is CCC(CC(=O)c1ccc(I)cc1)NC(=O)OC(C)(C)C. The monoisotopic (exact) mass is 403 g/mol. The van der Waals surface area contributed by atoms with Crippen LogP contribution in [-0.2, 0) is 4.74 Å². The van der Waals surface area contributed by atoms with Crippen LogP contribution >= 0.6 is 22.6 Å². The molecule has 0 heterocycles. The van der Waals surface area contributed by atoms with Crippen LogP contribution in [0.2, 0.25) is 0 Å². The van der Waals surface area contributed by atoms with Crippen LogP contribution in [0.4, 0.5) is 4.79 Å². The largest absolute Gasteiger partial charge is 0.444 e. The summed E-state index contributed by atoms with van der Waals surface area (Å²) in [6.07, 6.45) is 0.468. The third-order valence-corrected chi connectivity index (χ3v) is 3.53. The quantitative estimate of drug-likeness (QED) is 0.593. The number of benzene rings is 1. The zero-order valence-corrected chi connectivity index (χ0v) is 15.1. The van der Waals surface area contributed by atoms with Crippen LogP contribution in [0.3, 0.4) is 0 Å². The summed E-state index contributed by atoms with van der Waals surface area (Å²) in [6, 6.07) is 7.20. The topological polar surface area (TPSA) is 55.4 Å². The molecule has 21 heavy (non-hydrogen) atoms. The zero-order valence-electron chi connectivity index (χ0n) is 12.9. The van der Waals surface area contributed by atoms with Crippen LogP contribution < -0.4 is 5.32 Å². The molecule has 4 nitrogen and oxygen atoms in total. The molecule has 5 heteroatoms. The molecule has 0 aromatic heterocycles. The molecule has 1 amide bonds. The van der Waals surface area contributed by atoms with Gasteiger partial charge in [0.1, 0.15) is 5.60 Å². The van der Waals surface area contributed by atoms with Crippen molar-refractivity contribution in [2.75, 3.05) is 0 Å². The number of hydrogen-bond acceptors (Lipinski definition) is 3. The number of ether oxygens (including phenoxy) is 1. The molecule has 1 aromatic rings. The van der Waals surface area contributed by atoms with Crippen molar-refractivity contribution >= 4 is 34.5 Å². The van der Waals surface area contributed by atoms with Crippen molar-refractivity contribution in [3.05, 3.63) is 33.4 Å². The number of amides is 1. The van der Waals surface area contributed by atoms with E-state index in [4.69, 9.17) is 4.74 Å². The molecule has 1 unspecified atom stereocenters. The van der Waals surface area contributed by atoms with Gasteiger partial charge in [-0.25, -0.2) is 4.79 Å². The second kappa shape index (κ2) is 7.77. The molecule has 0 radical (unpaired) electrons. The van der Waals surface area contributed by atoms with Crippen molar-refractivity contribution in [3.63, 3.8) is 0 Å². The van der Waals surface area contributed by atoms with Crippen molar-refractivity contribution in [2.24, 2.45) is 0 Å². The van der Waals surface area contributed by atoms with Gasteiger partial charge in [0.05, 0.1) is 0 Å². The molecule has 1 atom stereocenters. The molecule has 1 N–H and O–H groups in total. The summed E-state index contributed by atoms with van der Waals surface area (Å²) in [7, 11) is 0. The molecule has 1 rings (SSSR count). The normalized spacial score (nSPS) is 12.6. The highest BCUT2D eigenvalue weighted by atomic mass is 127. The molecule has 0 aliphatic heterocycles. The maximum absolute atomic E-state index is 12.2. The highest BCUT2D eigenvalue weighted by molar-refractivity contribution is 14.1. The average molecular weight is 403 g/mol. The lowest BCUT2D eigenvalue weighted by Gasteiger charge is -2.22. The van der Waals surface area contributed by atoms with Crippen LogP contribution in [0, 0.1) is 3.57 Å². The Hall–Kier alpha value is -1.11. The van der Waals surface area contributed by atoms with E-state index in [0.717, 1.165) is 3.57 Å². The Kier molecular flexibility index (Phi) is 6.64. The summed E-state index contributed by atoms with van der Waals surface area (Å²) in [5.41, 5.74) is 0.127. The van der Waals surface area contributed by atoms with Crippen molar-refractivity contribution in [2.45, 2.75) is 52.2 Å². The summed E-state index contributed by atoms with van der Waals surface area (Å²) < 4.78 is 6.30. The molecular formula is C16H22INO3. The molecular weight excluding hydrogens is 381 g/mol. The van der Waals surface area contributed by atoms with Gasteiger partial charge in [0.15, 0.2) is 5.78 Å². The lowest BCUT2D eigenvalue weighted by Crippen LogP contribution is -2.39. The van der Waals surface area contributed by atoms with E-state index in [0.29, 0.717) is 12.0 Å². The standard InChI is InChI=1S/C16H22INO3/c1-5-13(18-15(20)21-16(2,3)4)10-14(19)11-6-8-12(17)9-7-11/h6-9,13H,5,10H2,1-4H3,(H,18,20). The van der Waals surface area contributed by atoms with Gasteiger partial charge >= 0.3 is 6.09 Å². The van der Waals surface area contributed by atoms with E-state index in [9.17, 15) is 9.59 Å². The summed E-state index contributed by atoms with van der Waals surface area (Å²) in [5.74, 6) is 0.0225. The fourth-order valence-electron chi connectivity index (χ4n) is 1.75. The van der Waals surface area contributed by atoms with Crippen LogP contribution in [0.25, 0.3) is 0 Å². The van der Waals surface area contributed by atoms with Gasteiger partial charge in [0.2, 0.25) is 0 Å². The van der Waals surface area contributed by atoms with Gasteiger partial charge in [0.25, 0.3) is 0 Å². The zero-order chi connectivity index (χ0) is 16.0. The number of nitrogens with one attached hydrogen (secondary N) is 1. The van der Waals surface area contributed by atoms with E-state index in [1.807, 2.05) is 52.0 Å². The summed E-state index contributed by atoms with van der Waals surface area (Å²) in [6.45, 7) is 7.36. The molecule has 0 aliphatic rings. The van der Waals surface area contributed by atoms with Gasteiger partial charge in [-0.1, -0.05) is 19.1 Å². The lowest BCUT2D eigenvalue weighted by molar-refractivity contribution is 0.0500. The summed E-state index contributed by atoms with van der Waals surface area (Å²) >= 11 is 2.20. The maximum Gasteiger partial charge on any atom is 0.407 e. The van der Waals surface area contributed by atoms with Crippen molar-refractivity contribution in [3.8, 4) is 0 Å². The molecule has 0 fully saturated rings. The first kappa shape index (κ1) is 17.9. The van der Waals surface area contributed by atoms with E-state index >= 15 is 0 Å². The first-order valence-electron chi connectivity index (χ1n) is 6.99. The maximum atomic E-state index is 12.2. The van der Waals surface area contributed by atoms with Crippen LogP contribution in [0.1, 0.15) is 50.9 Å². The van der Waals surface area contributed by atoms with Crippen molar-refractivity contribution < 1.29 is 14.3 Å². The lowest BCUT2D eigenvalue weighted by atomic mass is 10.0. The minimum Gasteiger partial charge on any atom is -0.444 e. The average Bonchev–Trinajstić information content (AvgIpc) is 2.36. The number of carbonyl (C=O) groups excluding carboxylic acids is 2. The van der Waals surface area contributed by atoms with Crippen LogP contribution in [0.15, 0.2) is 24.3 Å². The number of carbonyl (C=O) groups is 2. The predicted molar refractivity (Wildman–Crippen MR) is 91.6 cm³/mol. The predicted octanol–water partition coefficient (Wildman–Crippen LogP) is 4.17. The number of alkyl carbamates (subject to hydrolysis) is 1. The number of ketones is 1. The number of Topliss-reactive ketones (excluding diaryl/α,β-unsaturated/α-hetero) is 1. The van der Waals surface area contributed by atoms with E-state index in [1.54, 1.807) is 0 Å². The fraction of sp³-hybridized carbons (Fsp3) is 0.500. The minimum absolute atomic E-state index is 0.0225. The molecule has 0 spiro atoms. The highest BCUT2D eigenvalue weighted by Crippen LogP contribution is 2.12. The van der Waals surface area contributed by atoms with Gasteiger partial charge in [-0.05, 0) is 61.9 Å². The molecule has 1 aromatic carbocycles. The van der Waals surface area contributed by atoms with Gasteiger partial charge in [-0.15, -0.1) is 0 Å². The van der Waals surface area contributed by atoms with Crippen LogP contribution in [0.5, 0.6) is 0 Å². The van der Waals surface area contributed by atoms with Gasteiger partial charge in [-0.2, -0.15) is 0 Å².